The Kier molecular flexibility index (Phi) is 3.25. The molecule has 0 N–H and O–H groups in total. The van der Waals surface area contributed by atoms with Gasteiger partial charge in [-0.2, -0.15) is 0 Å². The van der Waals surface area contributed by atoms with Crippen LogP contribution in [0.2, 0.25) is 0 Å². The van der Waals surface area contributed by atoms with Crippen LogP contribution in [0, 0.1) is 13.8 Å². The molecule has 0 unspecified atom stereocenters. The van der Waals surface area contributed by atoms with E-state index in [2.05, 4.69) is 0 Å². The fourth-order valence-corrected chi connectivity index (χ4v) is 3.23. The summed E-state index contributed by atoms with van der Waals surface area (Å²) in [6.45, 7) is 2.14. The third-order valence-corrected chi connectivity index (χ3v) is 4.48. The lowest BCUT2D eigenvalue weighted by molar-refractivity contribution is 0.496. The standard InChI is InChI=1S/C8H8F6Si2/c1-5-3-8(16(12,13)14)6(2)4-7(5)15(9,10)11/h3-4H,1-2H3. The molecule has 90 valence electrons. The Bertz CT molecular complexity index is 366. The smallest absolute Gasteiger partial charge is 0.234 e. The largest absolute Gasteiger partial charge is 0.653 e. The summed E-state index contributed by atoms with van der Waals surface area (Å²) >= 11 is 0. The van der Waals surface area contributed by atoms with Crippen LogP contribution in [-0.2, 0) is 0 Å². The van der Waals surface area contributed by atoms with Gasteiger partial charge in [-0.05, 0) is 25.0 Å². The average molecular weight is 274 g/mol. The summed E-state index contributed by atoms with van der Waals surface area (Å²) in [6.07, 6.45) is 0. The highest BCUT2D eigenvalue weighted by Gasteiger charge is 2.45. The molecule has 0 saturated carbocycles. The monoisotopic (exact) mass is 274 g/mol. The van der Waals surface area contributed by atoms with Gasteiger partial charge in [-0.1, -0.05) is 12.1 Å². The van der Waals surface area contributed by atoms with Gasteiger partial charge in [-0.15, -0.1) is 0 Å². The molecule has 1 aromatic rings. The molecule has 0 amide bonds. The Morgan fingerprint density at radius 1 is 0.688 bits per heavy atom. The van der Waals surface area contributed by atoms with E-state index in [4.69, 9.17) is 0 Å². The fourth-order valence-electron chi connectivity index (χ4n) is 1.43. The summed E-state index contributed by atoms with van der Waals surface area (Å²) in [7, 11) is -12.1. The third kappa shape index (κ3) is 2.67. The van der Waals surface area contributed by atoms with Crippen LogP contribution in [-0.4, -0.2) is 18.2 Å². The van der Waals surface area contributed by atoms with E-state index in [9.17, 15) is 24.6 Å². The Morgan fingerprint density at radius 2 is 0.938 bits per heavy atom. The van der Waals surface area contributed by atoms with E-state index < -0.39 is 28.5 Å². The quantitative estimate of drug-likeness (QED) is 0.441. The maximum atomic E-state index is 12.5. The van der Waals surface area contributed by atoms with Gasteiger partial charge in [0.15, 0.2) is 0 Å². The number of hydrogen-bond donors (Lipinski definition) is 0. The molecule has 1 rings (SSSR count). The summed E-state index contributed by atoms with van der Waals surface area (Å²) in [6, 6.07) is 1.24. The van der Waals surface area contributed by atoms with Crippen molar-refractivity contribution in [1.82, 2.24) is 0 Å². The maximum Gasteiger partial charge on any atom is 0.653 e. The first kappa shape index (κ1) is 13.3. The van der Waals surface area contributed by atoms with Crippen molar-refractivity contribution in [3.8, 4) is 0 Å². The lowest BCUT2D eigenvalue weighted by Gasteiger charge is -2.13. The van der Waals surface area contributed by atoms with E-state index >= 15 is 0 Å². The van der Waals surface area contributed by atoms with Crippen LogP contribution < -0.4 is 10.4 Å². The normalized spacial score (nSPS) is 13.0. The molecule has 0 saturated heterocycles. The molecule has 0 heterocycles. The van der Waals surface area contributed by atoms with Gasteiger partial charge < -0.3 is 0 Å². The summed E-state index contributed by atoms with van der Waals surface area (Å²) in [5.74, 6) is 0. The van der Waals surface area contributed by atoms with Crippen molar-refractivity contribution in [1.29, 1.82) is 0 Å². The van der Waals surface area contributed by atoms with Gasteiger partial charge >= 0.3 is 18.2 Å². The molecule has 1 aromatic carbocycles. The molecule has 0 spiro atoms. The molecule has 0 aliphatic rings. The van der Waals surface area contributed by atoms with Crippen molar-refractivity contribution in [2.24, 2.45) is 0 Å². The Labute approximate surface area is 91.0 Å². The molecule has 0 bridgehead atoms. The van der Waals surface area contributed by atoms with Crippen LogP contribution in [0.15, 0.2) is 12.1 Å². The van der Waals surface area contributed by atoms with Crippen molar-refractivity contribution in [2.75, 3.05) is 0 Å². The first-order valence-corrected chi connectivity index (χ1v) is 7.56. The van der Waals surface area contributed by atoms with E-state index in [1.54, 1.807) is 0 Å². The molecule has 0 aliphatic carbocycles. The van der Waals surface area contributed by atoms with Crippen molar-refractivity contribution >= 4 is 28.5 Å². The second-order valence-electron chi connectivity index (χ2n) is 3.48. The summed E-state index contributed by atoms with van der Waals surface area (Å²) in [5, 5.41) is -1.74. The third-order valence-electron chi connectivity index (χ3n) is 2.18. The van der Waals surface area contributed by atoms with Crippen LogP contribution in [0.5, 0.6) is 0 Å². The zero-order valence-electron chi connectivity index (χ0n) is 8.42. The summed E-state index contributed by atoms with van der Waals surface area (Å²) in [5.41, 5.74) is -0.658. The van der Waals surface area contributed by atoms with Crippen LogP contribution in [0.25, 0.3) is 0 Å². The van der Waals surface area contributed by atoms with E-state index in [-0.39, 0.29) is 11.1 Å². The van der Waals surface area contributed by atoms with E-state index in [0.717, 1.165) is 13.8 Å². The number of aryl methyl sites for hydroxylation is 2. The van der Waals surface area contributed by atoms with Gasteiger partial charge in [0.05, 0.1) is 0 Å². The van der Waals surface area contributed by atoms with Crippen LogP contribution in [0.4, 0.5) is 24.6 Å². The van der Waals surface area contributed by atoms with Crippen molar-refractivity contribution in [3.05, 3.63) is 23.3 Å². The van der Waals surface area contributed by atoms with Crippen molar-refractivity contribution in [3.63, 3.8) is 0 Å². The molecule has 0 aromatic heterocycles. The molecular formula is C8H8F6Si2. The number of halogens is 6. The minimum atomic E-state index is -6.04. The minimum absolute atomic E-state index is 0.329. The van der Waals surface area contributed by atoms with Crippen molar-refractivity contribution < 1.29 is 24.6 Å². The van der Waals surface area contributed by atoms with Crippen LogP contribution in [0.3, 0.4) is 0 Å². The Balaban J connectivity index is 3.40. The van der Waals surface area contributed by atoms with Crippen molar-refractivity contribution in [2.45, 2.75) is 13.8 Å². The highest BCUT2D eigenvalue weighted by atomic mass is 28.5. The number of rotatable bonds is 2. The topological polar surface area (TPSA) is 0 Å². The molecule has 8 heteroatoms. The van der Waals surface area contributed by atoms with Gasteiger partial charge in [0.25, 0.3) is 0 Å². The average Bonchev–Trinajstić information content (AvgIpc) is 2.04. The van der Waals surface area contributed by atoms with Crippen LogP contribution >= 0.6 is 0 Å². The lowest BCUT2D eigenvalue weighted by Crippen LogP contribution is -2.42. The maximum absolute atomic E-state index is 12.5. The molecular weight excluding hydrogens is 266 g/mol. The first-order chi connectivity index (χ1) is 7.03. The Hall–Kier alpha value is -0.766. The molecule has 0 aliphatic heterocycles. The van der Waals surface area contributed by atoms with E-state index in [1.165, 1.54) is 0 Å². The molecule has 0 fully saturated rings. The molecule has 0 atom stereocenters. The van der Waals surface area contributed by atoms with E-state index in [0.29, 0.717) is 12.1 Å². The predicted molar refractivity (Wildman–Crippen MR) is 53.3 cm³/mol. The highest BCUT2D eigenvalue weighted by molar-refractivity contribution is 6.76. The number of hydrogen-bond acceptors (Lipinski definition) is 0. The van der Waals surface area contributed by atoms with Gasteiger partial charge in [0.1, 0.15) is 0 Å². The molecule has 16 heavy (non-hydrogen) atoms. The first-order valence-electron chi connectivity index (χ1n) is 4.29. The van der Waals surface area contributed by atoms with Gasteiger partial charge in [0, 0.05) is 10.4 Å². The predicted octanol–water partition coefficient (Wildman–Crippen LogP) is 2.41. The second-order valence-corrected chi connectivity index (χ2v) is 6.55. The van der Waals surface area contributed by atoms with Gasteiger partial charge in [0.2, 0.25) is 0 Å². The van der Waals surface area contributed by atoms with Crippen LogP contribution in [0.1, 0.15) is 11.1 Å². The number of benzene rings is 1. The summed E-state index contributed by atoms with van der Waals surface area (Å²) < 4.78 is 75.2. The molecule has 0 radical (unpaired) electrons. The zero-order chi connectivity index (χ0) is 12.7. The highest BCUT2D eigenvalue weighted by Crippen LogP contribution is 2.16. The Morgan fingerprint density at radius 3 is 1.12 bits per heavy atom. The second kappa shape index (κ2) is 3.91. The van der Waals surface area contributed by atoms with E-state index in [1.807, 2.05) is 0 Å². The zero-order valence-corrected chi connectivity index (χ0v) is 10.4. The van der Waals surface area contributed by atoms with Gasteiger partial charge in [-0.3, -0.25) is 0 Å². The van der Waals surface area contributed by atoms with Gasteiger partial charge in [-0.25, -0.2) is 24.6 Å². The fraction of sp³-hybridized carbons (Fsp3) is 0.250. The summed E-state index contributed by atoms with van der Waals surface area (Å²) in [4.78, 5) is 0. The lowest BCUT2D eigenvalue weighted by atomic mass is 10.2. The molecule has 0 nitrogen and oxygen atoms in total. The SMILES string of the molecule is Cc1cc([Si](F)(F)F)c(C)cc1[Si](F)(F)F. The minimum Gasteiger partial charge on any atom is -0.234 e.